The van der Waals surface area contributed by atoms with E-state index in [9.17, 15) is 0 Å². The fourth-order valence-corrected chi connectivity index (χ4v) is 1.94. The predicted molar refractivity (Wildman–Crippen MR) is 58.5 cm³/mol. The monoisotopic (exact) mass is 284 g/mol. The molecule has 1 aliphatic rings. The fourth-order valence-electron chi connectivity index (χ4n) is 1.67. The van der Waals surface area contributed by atoms with Gasteiger partial charge < -0.3 is 10.1 Å². The van der Waals surface area contributed by atoms with Crippen LogP contribution in [0.4, 0.5) is 0 Å². The highest BCUT2D eigenvalue weighted by atomic mass is 127. The molecule has 0 aromatic carbocycles. The van der Waals surface area contributed by atoms with Gasteiger partial charge in [-0.05, 0) is 26.3 Å². The maximum atomic E-state index is 5.34. The van der Waals surface area contributed by atoms with Crippen molar-refractivity contribution in [2.75, 3.05) is 26.8 Å². The van der Waals surface area contributed by atoms with Gasteiger partial charge in [-0.15, -0.1) is 0 Å². The SMILES string of the molecule is CNC1(CCNI)CCOCC1. The third-order valence-electron chi connectivity index (χ3n) is 2.68. The maximum absolute atomic E-state index is 5.34. The molecule has 72 valence electrons. The smallest absolute Gasteiger partial charge is 0.0483 e. The molecular formula is C8H17IN2O. The average Bonchev–Trinajstić information content (AvgIpc) is 2.16. The standard InChI is InChI=1S/C8H17IN2O/c1-10-8(2-5-11-9)3-6-12-7-4-8/h10-11H,2-7H2,1H3. The topological polar surface area (TPSA) is 33.3 Å². The van der Waals surface area contributed by atoms with Crippen LogP contribution in [0.15, 0.2) is 0 Å². The summed E-state index contributed by atoms with van der Waals surface area (Å²) in [6.45, 7) is 2.88. The van der Waals surface area contributed by atoms with Gasteiger partial charge in [0.25, 0.3) is 0 Å². The summed E-state index contributed by atoms with van der Waals surface area (Å²) < 4.78 is 8.51. The van der Waals surface area contributed by atoms with Gasteiger partial charge in [0.1, 0.15) is 0 Å². The van der Waals surface area contributed by atoms with Gasteiger partial charge in [0, 0.05) is 48.2 Å². The lowest BCUT2D eigenvalue weighted by molar-refractivity contribution is 0.0386. The normalized spacial score (nSPS) is 22.5. The molecule has 0 aromatic rings. The number of hydrogen-bond donors (Lipinski definition) is 2. The highest BCUT2D eigenvalue weighted by molar-refractivity contribution is 14.1. The molecule has 2 N–H and O–H groups in total. The first kappa shape index (κ1) is 10.7. The first-order chi connectivity index (χ1) is 5.83. The fraction of sp³-hybridized carbons (Fsp3) is 1.00. The molecular weight excluding hydrogens is 267 g/mol. The molecule has 0 amide bonds. The van der Waals surface area contributed by atoms with Gasteiger partial charge in [-0.1, -0.05) is 0 Å². The van der Waals surface area contributed by atoms with Crippen LogP contribution in [0.1, 0.15) is 19.3 Å². The number of ether oxygens (including phenoxy) is 1. The minimum atomic E-state index is 0.330. The Hall–Kier alpha value is 0.610. The second-order valence-corrected chi connectivity index (χ2v) is 4.04. The molecule has 1 fully saturated rings. The molecule has 0 bridgehead atoms. The van der Waals surface area contributed by atoms with Crippen LogP contribution in [0.2, 0.25) is 0 Å². The van der Waals surface area contributed by atoms with Crippen LogP contribution in [0, 0.1) is 0 Å². The van der Waals surface area contributed by atoms with Gasteiger partial charge in [0.15, 0.2) is 0 Å². The molecule has 1 saturated heterocycles. The second kappa shape index (κ2) is 5.36. The Balaban J connectivity index is 2.37. The lowest BCUT2D eigenvalue weighted by atomic mass is 9.87. The van der Waals surface area contributed by atoms with Crippen LogP contribution in [0.3, 0.4) is 0 Å². The molecule has 1 aliphatic heterocycles. The molecule has 0 aliphatic carbocycles. The summed E-state index contributed by atoms with van der Waals surface area (Å²) in [5.74, 6) is 0. The summed E-state index contributed by atoms with van der Waals surface area (Å²) in [6, 6.07) is 0. The zero-order valence-electron chi connectivity index (χ0n) is 7.53. The average molecular weight is 284 g/mol. The van der Waals surface area contributed by atoms with E-state index in [4.69, 9.17) is 4.74 Å². The van der Waals surface area contributed by atoms with Gasteiger partial charge >= 0.3 is 0 Å². The van der Waals surface area contributed by atoms with Gasteiger partial charge in [0.2, 0.25) is 0 Å². The van der Waals surface area contributed by atoms with Crippen molar-refractivity contribution in [3.63, 3.8) is 0 Å². The van der Waals surface area contributed by atoms with Crippen molar-refractivity contribution in [1.82, 2.24) is 8.85 Å². The van der Waals surface area contributed by atoms with Crippen molar-refractivity contribution in [2.45, 2.75) is 24.8 Å². The Kier molecular flexibility index (Phi) is 4.78. The third kappa shape index (κ3) is 2.83. The summed E-state index contributed by atoms with van der Waals surface area (Å²) in [5.41, 5.74) is 0.330. The Labute approximate surface area is 88.1 Å². The van der Waals surface area contributed by atoms with E-state index in [1.807, 2.05) is 0 Å². The van der Waals surface area contributed by atoms with Crippen molar-refractivity contribution in [2.24, 2.45) is 0 Å². The van der Waals surface area contributed by atoms with E-state index in [2.05, 4.69) is 38.8 Å². The molecule has 0 spiro atoms. The van der Waals surface area contributed by atoms with Gasteiger partial charge in [-0.3, -0.25) is 3.53 Å². The summed E-state index contributed by atoms with van der Waals surface area (Å²) in [6.07, 6.45) is 3.47. The number of halogens is 1. The van der Waals surface area contributed by atoms with Crippen LogP contribution >= 0.6 is 22.9 Å². The van der Waals surface area contributed by atoms with Crippen molar-refractivity contribution in [3.8, 4) is 0 Å². The van der Waals surface area contributed by atoms with Crippen LogP contribution in [0.5, 0.6) is 0 Å². The van der Waals surface area contributed by atoms with Crippen molar-refractivity contribution in [3.05, 3.63) is 0 Å². The summed E-state index contributed by atoms with van der Waals surface area (Å²) in [7, 11) is 2.05. The molecule has 1 rings (SSSR count). The minimum Gasteiger partial charge on any atom is -0.381 e. The molecule has 0 radical (unpaired) electrons. The van der Waals surface area contributed by atoms with Gasteiger partial charge in [-0.2, -0.15) is 0 Å². The van der Waals surface area contributed by atoms with E-state index in [1.165, 1.54) is 6.42 Å². The molecule has 0 atom stereocenters. The molecule has 12 heavy (non-hydrogen) atoms. The number of hydrogen-bond acceptors (Lipinski definition) is 3. The number of rotatable bonds is 4. The second-order valence-electron chi connectivity index (χ2n) is 3.28. The highest BCUT2D eigenvalue weighted by Gasteiger charge is 2.29. The van der Waals surface area contributed by atoms with E-state index in [0.717, 1.165) is 32.6 Å². The Morgan fingerprint density at radius 3 is 2.58 bits per heavy atom. The quantitative estimate of drug-likeness (QED) is 0.599. The number of nitrogens with one attached hydrogen (secondary N) is 2. The van der Waals surface area contributed by atoms with Crippen LogP contribution < -0.4 is 8.85 Å². The van der Waals surface area contributed by atoms with Crippen LogP contribution in [-0.2, 0) is 4.74 Å². The maximum Gasteiger partial charge on any atom is 0.0483 e. The van der Waals surface area contributed by atoms with Crippen LogP contribution in [0.25, 0.3) is 0 Å². The Morgan fingerprint density at radius 1 is 1.42 bits per heavy atom. The first-order valence-corrected chi connectivity index (χ1v) is 5.51. The van der Waals surface area contributed by atoms with E-state index >= 15 is 0 Å². The van der Waals surface area contributed by atoms with Gasteiger partial charge in [0.05, 0.1) is 0 Å². The van der Waals surface area contributed by atoms with Crippen molar-refractivity contribution in [1.29, 1.82) is 0 Å². The molecule has 0 saturated carbocycles. The van der Waals surface area contributed by atoms with Crippen molar-refractivity contribution < 1.29 is 4.74 Å². The third-order valence-corrected chi connectivity index (χ3v) is 3.22. The Morgan fingerprint density at radius 2 is 2.08 bits per heavy atom. The zero-order chi connectivity index (χ0) is 8.86. The summed E-state index contributed by atoms with van der Waals surface area (Å²) in [4.78, 5) is 0. The summed E-state index contributed by atoms with van der Waals surface area (Å²) in [5, 5.41) is 3.43. The highest BCUT2D eigenvalue weighted by Crippen LogP contribution is 2.23. The summed E-state index contributed by atoms with van der Waals surface area (Å²) >= 11 is 2.20. The molecule has 0 unspecified atom stereocenters. The minimum absolute atomic E-state index is 0.330. The lowest BCUT2D eigenvalue weighted by Gasteiger charge is -2.37. The van der Waals surface area contributed by atoms with Crippen LogP contribution in [-0.4, -0.2) is 32.3 Å². The first-order valence-electron chi connectivity index (χ1n) is 4.43. The van der Waals surface area contributed by atoms with Gasteiger partial charge in [-0.25, -0.2) is 0 Å². The molecule has 4 heteroatoms. The predicted octanol–water partition coefficient (Wildman–Crippen LogP) is 1.08. The molecule has 0 aromatic heterocycles. The lowest BCUT2D eigenvalue weighted by Crippen LogP contribution is -2.48. The largest absolute Gasteiger partial charge is 0.381 e. The van der Waals surface area contributed by atoms with Crippen molar-refractivity contribution >= 4 is 22.9 Å². The molecule has 1 heterocycles. The van der Waals surface area contributed by atoms with E-state index in [0.29, 0.717) is 5.54 Å². The Bertz CT molecular complexity index is 126. The van der Waals surface area contributed by atoms with E-state index in [1.54, 1.807) is 0 Å². The van der Waals surface area contributed by atoms with E-state index < -0.39 is 0 Å². The van der Waals surface area contributed by atoms with E-state index in [-0.39, 0.29) is 0 Å². The molecule has 3 nitrogen and oxygen atoms in total. The zero-order valence-corrected chi connectivity index (χ0v) is 9.69.